The summed E-state index contributed by atoms with van der Waals surface area (Å²) in [5.74, 6) is 0.937. The molecule has 2 aromatic rings. The highest BCUT2D eigenvalue weighted by atomic mass is 19.1. The predicted molar refractivity (Wildman–Crippen MR) is 79.5 cm³/mol. The summed E-state index contributed by atoms with van der Waals surface area (Å²) in [6.07, 6.45) is -0.909. The summed E-state index contributed by atoms with van der Waals surface area (Å²) in [5.41, 5.74) is 2.22. The fraction of sp³-hybridized carbons (Fsp3) is 0.294. The molecule has 0 amide bonds. The molecule has 0 aromatic heterocycles. The molecule has 0 radical (unpaired) electrons. The van der Waals surface area contributed by atoms with Crippen molar-refractivity contribution in [2.75, 3.05) is 14.2 Å². The van der Waals surface area contributed by atoms with Crippen molar-refractivity contribution in [1.29, 1.82) is 0 Å². The zero-order valence-corrected chi connectivity index (χ0v) is 12.6. The molecule has 21 heavy (non-hydrogen) atoms. The monoisotopic (exact) mass is 290 g/mol. The number of benzene rings is 2. The molecule has 0 spiro atoms. The Morgan fingerprint density at radius 3 is 2.14 bits per heavy atom. The van der Waals surface area contributed by atoms with Crippen molar-refractivity contribution in [2.45, 2.75) is 20.0 Å². The third-order valence-electron chi connectivity index (χ3n) is 3.51. The van der Waals surface area contributed by atoms with Gasteiger partial charge in [-0.05, 0) is 48.7 Å². The molecule has 4 heteroatoms. The molecule has 0 saturated carbocycles. The van der Waals surface area contributed by atoms with Crippen molar-refractivity contribution in [1.82, 2.24) is 0 Å². The number of aryl methyl sites for hydroxylation is 2. The summed E-state index contributed by atoms with van der Waals surface area (Å²) < 4.78 is 24.2. The highest BCUT2D eigenvalue weighted by Crippen LogP contribution is 2.34. The van der Waals surface area contributed by atoms with Gasteiger partial charge in [-0.3, -0.25) is 0 Å². The van der Waals surface area contributed by atoms with Crippen LogP contribution in [0.25, 0.3) is 0 Å². The maximum atomic E-state index is 13.7. The fourth-order valence-corrected chi connectivity index (χ4v) is 2.37. The molecule has 1 unspecified atom stereocenters. The first-order chi connectivity index (χ1) is 9.97. The maximum Gasteiger partial charge on any atom is 0.129 e. The van der Waals surface area contributed by atoms with Crippen molar-refractivity contribution in [3.8, 4) is 11.5 Å². The molecular formula is C17H19FO3. The quantitative estimate of drug-likeness (QED) is 0.936. The van der Waals surface area contributed by atoms with Crippen LogP contribution < -0.4 is 9.47 Å². The van der Waals surface area contributed by atoms with Gasteiger partial charge in [0, 0.05) is 5.56 Å². The van der Waals surface area contributed by atoms with E-state index in [1.807, 2.05) is 0 Å². The molecule has 1 N–H and O–H groups in total. The summed E-state index contributed by atoms with van der Waals surface area (Å²) >= 11 is 0. The van der Waals surface area contributed by atoms with Gasteiger partial charge in [-0.15, -0.1) is 0 Å². The molecule has 2 aromatic carbocycles. The number of aliphatic hydroxyl groups excluding tert-OH is 1. The lowest BCUT2D eigenvalue weighted by atomic mass is 9.96. The smallest absolute Gasteiger partial charge is 0.129 e. The van der Waals surface area contributed by atoms with Gasteiger partial charge in [0.1, 0.15) is 23.4 Å². The van der Waals surface area contributed by atoms with Crippen LogP contribution in [0.15, 0.2) is 30.3 Å². The van der Waals surface area contributed by atoms with Crippen LogP contribution in [0.2, 0.25) is 0 Å². The molecule has 0 aliphatic carbocycles. The molecule has 0 bridgehead atoms. The van der Waals surface area contributed by atoms with Gasteiger partial charge < -0.3 is 14.6 Å². The number of methoxy groups -OCH3 is 2. The minimum atomic E-state index is -0.909. The first kappa shape index (κ1) is 15.3. The second kappa shape index (κ2) is 6.14. The lowest BCUT2D eigenvalue weighted by Gasteiger charge is -2.17. The molecule has 0 aliphatic rings. The fourth-order valence-electron chi connectivity index (χ4n) is 2.37. The number of halogens is 1. The molecular weight excluding hydrogens is 271 g/mol. The second-order valence-electron chi connectivity index (χ2n) is 4.98. The van der Waals surface area contributed by atoms with E-state index in [-0.39, 0.29) is 5.82 Å². The molecule has 0 fully saturated rings. The van der Waals surface area contributed by atoms with Gasteiger partial charge >= 0.3 is 0 Å². The van der Waals surface area contributed by atoms with Crippen LogP contribution in [-0.2, 0) is 0 Å². The Bertz CT molecular complexity index is 629. The third kappa shape index (κ3) is 3.00. The first-order valence-corrected chi connectivity index (χ1v) is 6.64. The van der Waals surface area contributed by atoms with E-state index < -0.39 is 6.10 Å². The van der Waals surface area contributed by atoms with Gasteiger partial charge in [-0.25, -0.2) is 4.39 Å². The Balaban J connectivity index is 2.51. The summed E-state index contributed by atoms with van der Waals surface area (Å²) in [6.45, 7) is 3.36. The molecule has 0 saturated heterocycles. The topological polar surface area (TPSA) is 38.7 Å². The average Bonchev–Trinajstić information content (AvgIpc) is 2.50. The number of hydrogen-bond donors (Lipinski definition) is 1. The summed E-state index contributed by atoms with van der Waals surface area (Å²) in [6, 6.07) is 8.51. The van der Waals surface area contributed by atoms with Crippen molar-refractivity contribution >= 4 is 0 Å². The number of hydrogen-bond acceptors (Lipinski definition) is 3. The summed E-state index contributed by atoms with van der Waals surface area (Å²) in [4.78, 5) is 0. The standard InChI is InChI=1S/C17H19FO3/c1-10-7-12(8-11(2)16(10)18)17(19)14-9-13(20-3)5-6-15(14)21-4/h5-9,17,19H,1-4H3. The molecule has 0 aliphatic heterocycles. The van der Waals surface area contributed by atoms with Crippen molar-refractivity contribution in [3.05, 3.63) is 58.4 Å². The van der Waals surface area contributed by atoms with Crippen LogP contribution in [-0.4, -0.2) is 19.3 Å². The number of rotatable bonds is 4. The Morgan fingerprint density at radius 1 is 1.00 bits per heavy atom. The van der Waals surface area contributed by atoms with E-state index in [9.17, 15) is 9.50 Å². The van der Waals surface area contributed by atoms with E-state index in [1.54, 1.807) is 58.4 Å². The second-order valence-corrected chi connectivity index (χ2v) is 4.98. The van der Waals surface area contributed by atoms with Gasteiger partial charge in [-0.1, -0.05) is 12.1 Å². The highest BCUT2D eigenvalue weighted by molar-refractivity contribution is 5.46. The van der Waals surface area contributed by atoms with E-state index in [0.717, 1.165) is 0 Å². The van der Waals surface area contributed by atoms with E-state index in [1.165, 1.54) is 0 Å². The van der Waals surface area contributed by atoms with Crippen LogP contribution in [0, 0.1) is 19.7 Å². The Morgan fingerprint density at radius 2 is 1.62 bits per heavy atom. The van der Waals surface area contributed by atoms with Crippen molar-refractivity contribution in [3.63, 3.8) is 0 Å². The van der Waals surface area contributed by atoms with Crippen LogP contribution in [0.1, 0.15) is 28.4 Å². The SMILES string of the molecule is COc1ccc(OC)c(C(O)c2cc(C)c(F)c(C)c2)c1. The maximum absolute atomic E-state index is 13.7. The number of aliphatic hydroxyl groups is 1. The predicted octanol–water partition coefficient (Wildman–Crippen LogP) is 3.54. The molecule has 1 atom stereocenters. The van der Waals surface area contributed by atoms with Gasteiger partial charge in [0.15, 0.2) is 0 Å². The van der Waals surface area contributed by atoms with Crippen LogP contribution >= 0.6 is 0 Å². The largest absolute Gasteiger partial charge is 0.497 e. The molecule has 0 heterocycles. The Labute approximate surface area is 124 Å². The first-order valence-electron chi connectivity index (χ1n) is 6.64. The molecule has 112 valence electrons. The zero-order chi connectivity index (χ0) is 15.6. The molecule has 3 nitrogen and oxygen atoms in total. The van der Waals surface area contributed by atoms with E-state index >= 15 is 0 Å². The van der Waals surface area contributed by atoms with Gasteiger partial charge in [0.25, 0.3) is 0 Å². The highest BCUT2D eigenvalue weighted by Gasteiger charge is 2.18. The summed E-state index contributed by atoms with van der Waals surface area (Å²) in [7, 11) is 3.10. The van der Waals surface area contributed by atoms with Gasteiger partial charge in [0.05, 0.1) is 14.2 Å². The van der Waals surface area contributed by atoms with E-state index in [4.69, 9.17) is 9.47 Å². The lowest BCUT2D eigenvalue weighted by molar-refractivity contribution is 0.214. The minimum absolute atomic E-state index is 0.247. The average molecular weight is 290 g/mol. The minimum Gasteiger partial charge on any atom is -0.497 e. The van der Waals surface area contributed by atoms with Gasteiger partial charge in [-0.2, -0.15) is 0 Å². The van der Waals surface area contributed by atoms with Crippen LogP contribution in [0.4, 0.5) is 4.39 Å². The van der Waals surface area contributed by atoms with E-state index in [2.05, 4.69) is 0 Å². The van der Waals surface area contributed by atoms with E-state index in [0.29, 0.717) is 33.8 Å². The zero-order valence-electron chi connectivity index (χ0n) is 12.6. The normalized spacial score (nSPS) is 12.1. The van der Waals surface area contributed by atoms with Crippen LogP contribution in [0.5, 0.6) is 11.5 Å². The van der Waals surface area contributed by atoms with Crippen LogP contribution in [0.3, 0.4) is 0 Å². The van der Waals surface area contributed by atoms with Crippen molar-refractivity contribution in [2.24, 2.45) is 0 Å². The third-order valence-corrected chi connectivity index (χ3v) is 3.51. The Kier molecular flexibility index (Phi) is 4.48. The summed E-state index contributed by atoms with van der Waals surface area (Å²) in [5, 5.41) is 10.6. The number of ether oxygens (including phenoxy) is 2. The lowest BCUT2D eigenvalue weighted by Crippen LogP contribution is -2.05. The van der Waals surface area contributed by atoms with Crippen molar-refractivity contribution < 1.29 is 19.0 Å². The van der Waals surface area contributed by atoms with Gasteiger partial charge in [0.2, 0.25) is 0 Å². The Hall–Kier alpha value is -2.07. The molecule has 2 rings (SSSR count).